The van der Waals surface area contributed by atoms with Gasteiger partial charge in [-0.15, -0.1) is 0 Å². The Morgan fingerprint density at radius 1 is 1.37 bits per heavy atom. The van der Waals surface area contributed by atoms with Gasteiger partial charge in [-0.3, -0.25) is 0 Å². The van der Waals surface area contributed by atoms with E-state index in [2.05, 4.69) is 5.32 Å². The van der Waals surface area contributed by atoms with E-state index in [1.165, 1.54) is 17.0 Å². The SMILES string of the molecule is CC(O)CCN(C)C(=O)Nc1ccccc1C(=O)O. The van der Waals surface area contributed by atoms with E-state index in [4.69, 9.17) is 10.2 Å². The predicted molar refractivity (Wildman–Crippen MR) is 71.3 cm³/mol. The number of hydrogen-bond donors (Lipinski definition) is 3. The van der Waals surface area contributed by atoms with Gasteiger partial charge in [-0.2, -0.15) is 0 Å². The molecular weight excluding hydrogens is 248 g/mol. The molecule has 0 bridgehead atoms. The van der Waals surface area contributed by atoms with Crippen LogP contribution < -0.4 is 5.32 Å². The summed E-state index contributed by atoms with van der Waals surface area (Å²) in [6.45, 7) is 2.03. The summed E-state index contributed by atoms with van der Waals surface area (Å²) in [5, 5.41) is 20.7. The van der Waals surface area contributed by atoms with Crippen molar-refractivity contribution in [2.75, 3.05) is 18.9 Å². The molecule has 0 aromatic heterocycles. The predicted octanol–water partition coefficient (Wildman–Crippen LogP) is 1.62. The molecule has 0 saturated heterocycles. The Hall–Kier alpha value is -2.08. The summed E-state index contributed by atoms with van der Waals surface area (Å²) in [5.41, 5.74) is 0.295. The third kappa shape index (κ3) is 4.59. The second kappa shape index (κ2) is 6.75. The quantitative estimate of drug-likeness (QED) is 0.755. The van der Waals surface area contributed by atoms with Gasteiger partial charge in [0, 0.05) is 13.6 Å². The molecule has 2 amide bonds. The van der Waals surface area contributed by atoms with Gasteiger partial charge in [0.1, 0.15) is 0 Å². The highest BCUT2D eigenvalue weighted by molar-refractivity contribution is 5.99. The number of nitrogens with one attached hydrogen (secondary N) is 1. The van der Waals surface area contributed by atoms with Crippen LogP contribution in [-0.4, -0.2) is 46.8 Å². The number of anilines is 1. The lowest BCUT2D eigenvalue weighted by atomic mass is 10.2. The Morgan fingerprint density at radius 3 is 2.58 bits per heavy atom. The van der Waals surface area contributed by atoms with Gasteiger partial charge < -0.3 is 20.4 Å². The zero-order chi connectivity index (χ0) is 14.4. The topological polar surface area (TPSA) is 89.9 Å². The number of nitrogens with zero attached hydrogens (tertiary/aromatic N) is 1. The number of aromatic carboxylic acids is 1. The number of benzene rings is 1. The minimum atomic E-state index is -1.09. The molecule has 1 unspecified atom stereocenters. The maximum atomic E-state index is 11.8. The van der Waals surface area contributed by atoms with E-state index in [0.717, 1.165) is 0 Å². The molecule has 0 aliphatic heterocycles. The Kier molecular flexibility index (Phi) is 5.32. The van der Waals surface area contributed by atoms with Crippen LogP contribution in [0.1, 0.15) is 23.7 Å². The van der Waals surface area contributed by atoms with Crippen LogP contribution in [0.2, 0.25) is 0 Å². The van der Waals surface area contributed by atoms with Crippen LogP contribution in [0.3, 0.4) is 0 Å². The Balaban J connectivity index is 2.69. The Morgan fingerprint density at radius 2 is 2.00 bits per heavy atom. The van der Waals surface area contributed by atoms with Crippen LogP contribution >= 0.6 is 0 Å². The number of rotatable bonds is 5. The van der Waals surface area contributed by atoms with E-state index in [-0.39, 0.29) is 11.3 Å². The average Bonchev–Trinajstić information content (AvgIpc) is 2.36. The average molecular weight is 266 g/mol. The highest BCUT2D eigenvalue weighted by Gasteiger charge is 2.14. The van der Waals surface area contributed by atoms with Crippen molar-refractivity contribution in [3.8, 4) is 0 Å². The van der Waals surface area contributed by atoms with Gasteiger partial charge in [0.15, 0.2) is 0 Å². The van der Waals surface area contributed by atoms with Crippen molar-refractivity contribution in [2.45, 2.75) is 19.4 Å². The molecule has 3 N–H and O–H groups in total. The van der Waals surface area contributed by atoms with Crippen LogP contribution in [0.25, 0.3) is 0 Å². The van der Waals surface area contributed by atoms with E-state index in [0.29, 0.717) is 13.0 Å². The van der Waals surface area contributed by atoms with E-state index >= 15 is 0 Å². The van der Waals surface area contributed by atoms with Crippen molar-refractivity contribution in [3.05, 3.63) is 29.8 Å². The molecule has 6 nitrogen and oxygen atoms in total. The van der Waals surface area contributed by atoms with Crippen molar-refractivity contribution in [2.24, 2.45) is 0 Å². The van der Waals surface area contributed by atoms with Crippen molar-refractivity contribution in [1.29, 1.82) is 0 Å². The number of carbonyl (C=O) groups is 2. The van der Waals surface area contributed by atoms with Gasteiger partial charge in [0.05, 0.1) is 17.4 Å². The summed E-state index contributed by atoms with van der Waals surface area (Å²) in [4.78, 5) is 24.2. The van der Waals surface area contributed by atoms with Gasteiger partial charge in [-0.05, 0) is 25.5 Å². The summed E-state index contributed by atoms with van der Waals surface area (Å²) in [6, 6.07) is 5.79. The highest BCUT2D eigenvalue weighted by Crippen LogP contribution is 2.15. The van der Waals surface area contributed by atoms with E-state index in [9.17, 15) is 9.59 Å². The molecular formula is C13H18N2O4. The van der Waals surface area contributed by atoms with E-state index in [1.807, 2.05) is 0 Å². The molecule has 6 heteroatoms. The first-order valence-electron chi connectivity index (χ1n) is 5.94. The minimum Gasteiger partial charge on any atom is -0.478 e. The number of urea groups is 1. The fourth-order valence-corrected chi connectivity index (χ4v) is 1.47. The fraction of sp³-hybridized carbons (Fsp3) is 0.385. The van der Waals surface area contributed by atoms with Gasteiger partial charge in [-0.1, -0.05) is 12.1 Å². The van der Waals surface area contributed by atoms with Crippen LogP contribution in [0.15, 0.2) is 24.3 Å². The second-order valence-corrected chi connectivity index (χ2v) is 4.34. The first kappa shape index (κ1) is 15.0. The lowest BCUT2D eigenvalue weighted by Crippen LogP contribution is -2.33. The summed E-state index contributed by atoms with van der Waals surface area (Å²) < 4.78 is 0. The Bertz CT molecular complexity index is 460. The van der Waals surface area contributed by atoms with Gasteiger partial charge >= 0.3 is 12.0 Å². The van der Waals surface area contributed by atoms with E-state index in [1.54, 1.807) is 26.1 Å². The largest absolute Gasteiger partial charge is 0.478 e. The molecule has 0 heterocycles. The van der Waals surface area contributed by atoms with Gasteiger partial charge in [-0.25, -0.2) is 9.59 Å². The fourth-order valence-electron chi connectivity index (χ4n) is 1.47. The molecule has 0 aliphatic rings. The van der Waals surface area contributed by atoms with Crippen LogP contribution in [0.5, 0.6) is 0 Å². The molecule has 1 aromatic rings. The van der Waals surface area contributed by atoms with Gasteiger partial charge in [0.25, 0.3) is 0 Å². The number of amides is 2. The molecule has 0 radical (unpaired) electrons. The van der Waals surface area contributed by atoms with Crippen molar-refractivity contribution >= 4 is 17.7 Å². The first-order valence-corrected chi connectivity index (χ1v) is 5.94. The van der Waals surface area contributed by atoms with Crippen LogP contribution in [0, 0.1) is 0 Å². The van der Waals surface area contributed by atoms with Crippen molar-refractivity contribution in [1.82, 2.24) is 4.90 Å². The van der Waals surface area contributed by atoms with E-state index < -0.39 is 18.1 Å². The monoisotopic (exact) mass is 266 g/mol. The number of aliphatic hydroxyl groups excluding tert-OH is 1. The zero-order valence-corrected chi connectivity index (χ0v) is 11.0. The van der Waals surface area contributed by atoms with Gasteiger partial charge in [0.2, 0.25) is 0 Å². The highest BCUT2D eigenvalue weighted by atomic mass is 16.4. The van der Waals surface area contributed by atoms with Crippen LogP contribution in [0.4, 0.5) is 10.5 Å². The molecule has 0 fully saturated rings. The summed E-state index contributed by atoms with van der Waals surface area (Å²) in [7, 11) is 1.58. The number of carboxylic acid groups (broad SMARTS) is 1. The summed E-state index contributed by atoms with van der Waals surface area (Å²) in [6.07, 6.45) is -0.0219. The molecule has 1 atom stereocenters. The minimum absolute atomic E-state index is 0.0415. The van der Waals surface area contributed by atoms with Crippen molar-refractivity contribution < 1.29 is 19.8 Å². The normalized spacial score (nSPS) is 11.7. The molecule has 1 rings (SSSR count). The van der Waals surface area contributed by atoms with Crippen LogP contribution in [-0.2, 0) is 0 Å². The summed E-state index contributed by atoms with van der Waals surface area (Å²) in [5.74, 6) is -1.09. The second-order valence-electron chi connectivity index (χ2n) is 4.34. The third-order valence-corrected chi connectivity index (χ3v) is 2.63. The first-order chi connectivity index (χ1) is 8.91. The molecule has 1 aromatic carbocycles. The number of para-hydroxylation sites is 1. The molecule has 19 heavy (non-hydrogen) atoms. The standard InChI is InChI=1S/C13H18N2O4/c1-9(16)7-8-15(2)13(19)14-11-6-4-3-5-10(11)12(17)18/h3-6,9,16H,7-8H2,1-2H3,(H,14,19)(H,17,18). The number of carbonyl (C=O) groups excluding carboxylic acids is 1. The molecule has 0 spiro atoms. The number of carboxylic acids is 1. The zero-order valence-electron chi connectivity index (χ0n) is 11.0. The lowest BCUT2D eigenvalue weighted by molar-refractivity contribution is 0.0698. The Labute approximate surface area is 111 Å². The summed E-state index contributed by atoms with van der Waals surface area (Å²) >= 11 is 0. The lowest BCUT2D eigenvalue weighted by Gasteiger charge is -2.19. The molecule has 104 valence electrons. The number of hydrogen-bond acceptors (Lipinski definition) is 3. The maximum Gasteiger partial charge on any atom is 0.337 e. The number of aliphatic hydroxyl groups is 1. The maximum absolute atomic E-state index is 11.8. The third-order valence-electron chi connectivity index (χ3n) is 2.63. The smallest absolute Gasteiger partial charge is 0.337 e. The molecule has 0 saturated carbocycles. The van der Waals surface area contributed by atoms with Crippen molar-refractivity contribution in [3.63, 3.8) is 0 Å². The molecule has 0 aliphatic carbocycles.